The van der Waals surface area contributed by atoms with Crippen LogP contribution in [0.25, 0.3) is 38.7 Å². The van der Waals surface area contributed by atoms with E-state index in [4.69, 9.17) is 4.98 Å². The van der Waals surface area contributed by atoms with Crippen LogP contribution < -0.4 is 0 Å². The summed E-state index contributed by atoms with van der Waals surface area (Å²) in [5.41, 5.74) is 3.44. The Hall–Kier alpha value is -2.75. The molecule has 1 aliphatic rings. The maximum absolute atomic E-state index is 10.2. The van der Waals surface area contributed by atoms with E-state index in [0.29, 0.717) is 0 Å². The summed E-state index contributed by atoms with van der Waals surface area (Å²) in [6, 6.07) is 18.4. The molecule has 2 atom stereocenters. The number of pyridine rings is 1. The molecule has 0 amide bonds. The fourth-order valence-electron chi connectivity index (χ4n) is 3.59. The van der Waals surface area contributed by atoms with Gasteiger partial charge in [-0.15, -0.1) is 0 Å². The van der Waals surface area contributed by atoms with Crippen LogP contribution >= 0.6 is 0 Å². The highest BCUT2D eigenvalue weighted by Gasteiger charge is 2.24. The zero-order valence-electron chi connectivity index (χ0n) is 12.8. The summed E-state index contributed by atoms with van der Waals surface area (Å²) in [4.78, 5) is 4.93. The molecular weight excluding hydrogens is 298 g/mol. The van der Waals surface area contributed by atoms with E-state index < -0.39 is 12.2 Å². The molecule has 0 bridgehead atoms. The molecule has 0 spiro atoms. The maximum Gasteiger partial charge on any atom is 0.109 e. The number of rotatable bonds is 0. The first kappa shape index (κ1) is 13.7. The highest BCUT2D eigenvalue weighted by molar-refractivity contribution is 6.09. The van der Waals surface area contributed by atoms with Crippen LogP contribution in [-0.2, 0) is 0 Å². The first-order valence-corrected chi connectivity index (χ1v) is 8.02. The Morgan fingerprint density at radius 3 is 2.46 bits per heavy atom. The van der Waals surface area contributed by atoms with Crippen LogP contribution in [0, 0.1) is 0 Å². The van der Waals surface area contributed by atoms with E-state index in [1.807, 2.05) is 30.3 Å². The van der Waals surface area contributed by atoms with Crippen molar-refractivity contribution in [2.24, 2.45) is 0 Å². The predicted octanol–water partition coefficient (Wildman–Crippen LogP) is 3.96. The molecule has 0 saturated carbocycles. The van der Waals surface area contributed by atoms with E-state index in [9.17, 15) is 10.2 Å². The topological polar surface area (TPSA) is 53.4 Å². The van der Waals surface area contributed by atoms with Crippen LogP contribution in [0.1, 0.15) is 17.2 Å². The molecule has 3 nitrogen and oxygen atoms in total. The summed E-state index contributed by atoms with van der Waals surface area (Å²) >= 11 is 0. The first-order chi connectivity index (χ1) is 11.7. The maximum atomic E-state index is 10.2. The lowest BCUT2D eigenvalue weighted by Gasteiger charge is -2.22. The standard InChI is InChI=1S/C21H15NO2/c23-18-10-9-16-17(21(18)24)8-7-14-11-13-6-5-12-3-1-2-4-15(12)19(13)22-20(14)16/h1-11,18,21,23-24H/t18-,21-/m0/s1. The third-order valence-electron chi connectivity index (χ3n) is 4.85. The Labute approximate surface area is 138 Å². The second-order valence-corrected chi connectivity index (χ2v) is 6.28. The van der Waals surface area contributed by atoms with Crippen LogP contribution in [0.3, 0.4) is 0 Å². The van der Waals surface area contributed by atoms with Crippen molar-refractivity contribution in [2.45, 2.75) is 12.2 Å². The molecule has 0 aliphatic heterocycles. The minimum atomic E-state index is -0.903. The van der Waals surface area contributed by atoms with Gasteiger partial charge in [0.15, 0.2) is 0 Å². The zero-order valence-corrected chi connectivity index (χ0v) is 12.8. The molecular formula is C21H15NO2. The number of nitrogens with zero attached hydrogens (tertiary/aromatic N) is 1. The molecule has 116 valence electrons. The molecule has 0 unspecified atom stereocenters. The molecule has 2 N–H and O–H groups in total. The van der Waals surface area contributed by atoms with Crippen LogP contribution in [-0.4, -0.2) is 21.3 Å². The van der Waals surface area contributed by atoms with Gasteiger partial charge in [0, 0.05) is 21.7 Å². The van der Waals surface area contributed by atoms with Crippen molar-refractivity contribution in [2.75, 3.05) is 0 Å². The summed E-state index contributed by atoms with van der Waals surface area (Å²) in [6.45, 7) is 0. The molecule has 5 rings (SSSR count). The van der Waals surface area contributed by atoms with Crippen molar-refractivity contribution in [1.29, 1.82) is 0 Å². The van der Waals surface area contributed by atoms with E-state index in [1.54, 1.807) is 6.08 Å². The highest BCUT2D eigenvalue weighted by atomic mass is 16.3. The number of aromatic nitrogens is 1. The first-order valence-electron chi connectivity index (χ1n) is 8.02. The molecule has 1 heterocycles. The Morgan fingerprint density at radius 2 is 1.54 bits per heavy atom. The van der Waals surface area contributed by atoms with Gasteiger partial charge in [-0.3, -0.25) is 0 Å². The fourth-order valence-corrected chi connectivity index (χ4v) is 3.59. The quantitative estimate of drug-likeness (QED) is 0.381. The lowest BCUT2D eigenvalue weighted by atomic mass is 9.90. The Morgan fingerprint density at radius 1 is 0.792 bits per heavy atom. The third-order valence-corrected chi connectivity index (χ3v) is 4.85. The number of hydrogen-bond acceptors (Lipinski definition) is 3. The largest absolute Gasteiger partial charge is 0.386 e. The highest BCUT2D eigenvalue weighted by Crippen LogP contribution is 2.35. The van der Waals surface area contributed by atoms with Gasteiger partial charge in [-0.25, -0.2) is 4.98 Å². The molecule has 24 heavy (non-hydrogen) atoms. The lowest BCUT2D eigenvalue weighted by Crippen LogP contribution is -2.19. The second-order valence-electron chi connectivity index (χ2n) is 6.28. The van der Waals surface area contributed by atoms with Crippen molar-refractivity contribution in [3.05, 3.63) is 71.8 Å². The molecule has 3 aromatic carbocycles. The van der Waals surface area contributed by atoms with Gasteiger partial charge in [-0.2, -0.15) is 0 Å². The van der Waals surface area contributed by atoms with Crippen LogP contribution in [0.4, 0.5) is 0 Å². The minimum Gasteiger partial charge on any atom is -0.386 e. The average Bonchev–Trinajstić information content (AvgIpc) is 2.63. The number of benzene rings is 3. The van der Waals surface area contributed by atoms with Crippen LogP contribution in [0.15, 0.2) is 60.7 Å². The number of fused-ring (bicyclic) bond motifs is 6. The van der Waals surface area contributed by atoms with Gasteiger partial charge < -0.3 is 10.2 Å². The predicted molar refractivity (Wildman–Crippen MR) is 96.8 cm³/mol. The van der Waals surface area contributed by atoms with Gasteiger partial charge in [-0.05, 0) is 17.0 Å². The second kappa shape index (κ2) is 4.87. The van der Waals surface area contributed by atoms with Crippen LogP contribution in [0.2, 0.25) is 0 Å². The van der Waals surface area contributed by atoms with Crippen molar-refractivity contribution in [1.82, 2.24) is 4.98 Å². The normalized spacial score (nSPS) is 19.9. The smallest absolute Gasteiger partial charge is 0.109 e. The molecule has 3 heteroatoms. The van der Waals surface area contributed by atoms with Crippen molar-refractivity contribution < 1.29 is 10.2 Å². The fraction of sp³-hybridized carbons (Fsp3) is 0.0952. The Balaban J connectivity index is 1.93. The van der Waals surface area contributed by atoms with E-state index in [1.165, 1.54) is 0 Å². The third kappa shape index (κ3) is 1.83. The van der Waals surface area contributed by atoms with Gasteiger partial charge in [0.25, 0.3) is 0 Å². The average molecular weight is 313 g/mol. The van der Waals surface area contributed by atoms with Crippen molar-refractivity contribution in [3.8, 4) is 0 Å². The van der Waals surface area contributed by atoms with E-state index in [0.717, 1.165) is 43.7 Å². The van der Waals surface area contributed by atoms with Crippen LogP contribution in [0.5, 0.6) is 0 Å². The molecule has 4 aromatic rings. The van der Waals surface area contributed by atoms with Crippen molar-refractivity contribution in [3.63, 3.8) is 0 Å². The SMILES string of the molecule is O[C@H]1C=Cc2c(ccc3cc4ccc5ccccc5c4nc23)[C@@H]1O. The summed E-state index contributed by atoms with van der Waals surface area (Å²) < 4.78 is 0. The molecule has 0 radical (unpaired) electrons. The minimum absolute atomic E-state index is 0.726. The molecule has 1 aliphatic carbocycles. The Bertz CT molecular complexity index is 1150. The van der Waals surface area contributed by atoms with Gasteiger partial charge in [0.1, 0.15) is 12.2 Å². The number of hydrogen-bond donors (Lipinski definition) is 2. The summed E-state index contributed by atoms with van der Waals surface area (Å²) in [5.74, 6) is 0. The van der Waals surface area contributed by atoms with Gasteiger partial charge >= 0.3 is 0 Å². The van der Waals surface area contributed by atoms with Gasteiger partial charge in [0.2, 0.25) is 0 Å². The molecule has 1 aromatic heterocycles. The summed E-state index contributed by atoms with van der Waals surface area (Å²) in [5, 5.41) is 24.5. The summed E-state index contributed by atoms with van der Waals surface area (Å²) in [7, 11) is 0. The van der Waals surface area contributed by atoms with Crippen molar-refractivity contribution >= 4 is 38.7 Å². The lowest BCUT2D eigenvalue weighted by molar-refractivity contribution is 0.0471. The molecule has 0 fully saturated rings. The number of aliphatic hydroxyl groups excluding tert-OH is 2. The van der Waals surface area contributed by atoms with Gasteiger partial charge in [0.05, 0.1) is 11.0 Å². The van der Waals surface area contributed by atoms with E-state index in [-0.39, 0.29) is 0 Å². The zero-order chi connectivity index (χ0) is 16.3. The van der Waals surface area contributed by atoms with E-state index >= 15 is 0 Å². The number of aliphatic hydroxyl groups is 2. The monoisotopic (exact) mass is 313 g/mol. The Kier molecular flexibility index (Phi) is 2.77. The van der Waals surface area contributed by atoms with Gasteiger partial charge in [-0.1, -0.05) is 60.7 Å². The molecule has 0 saturated heterocycles. The van der Waals surface area contributed by atoms with E-state index in [2.05, 4.69) is 30.3 Å². The summed E-state index contributed by atoms with van der Waals surface area (Å²) in [6.07, 6.45) is 1.72.